The topological polar surface area (TPSA) is 29.9 Å². The highest BCUT2D eigenvalue weighted by molar-refractivity contribution is 5.85. The van der Waals surface area contributed by atoms with Gasteiger partial charge >= 0.3 is 0 Å². The van der Waals surface area contributed by atoms with Gasteiger partial charge in [-0.25, -0.2) is 8.78 Å². The normalized spacial score (nSPS) is 10.4. The van der Waals surface area contributed by atoms with E-state index in [-0.39, 0.29) is 18.4 Å². The van der Waals surface area contributed by atoms with Crippen molar-refractivity contribution >= 4 is 18.1 Å². The SMILES string of the molecule is CC(C)n1cc(NCc2cc(F)cc(F)c2)cn1.Cl. The molecule has 2 aromatic rings. The molecule has 0 atom stereocenters. The third-order valence-electron chi connectivity index (χ3n) is 2.55. The number of aromatic nitrogens is 2. The lowest BCUT2D eigenvalue weighted by Gasteiger charge is -2.05. The summed E-state index contributed by atoms with van der Waals surface area (Å²) < 4.78 is 27.8. The maximum Gasteiger partial charge on any atom is 0.126 e. The maximum absolute atomic E-state index is 13.0. The second-order valence-electron chi connectivity index (χ2n) is 4.43. The number of anilines is 1. The summed E-state index contributed by atoms with van der Waals surface area (Å²) in [6, 6.07) is 3.76. The molecule has 1 aromatic heterocycles. The predicted molar refractivity (Wildman–Crippen MR) is 73.5 cm³/mol. The lowest BCUT2D eigenvalue weighted by molar-refractivity contribution is 0.532. The van der Waals surface area contributed by atoms with E-state index in [4.69, 9.17) is 0 Å². The van der Waals surface area contributed by atoms with E-state index in [0.29, 0.717) is 12.1 Å². The van der Waals surface area contributed by atoms with Crippen LogP contribution < -0.4 is 5.32 Å². The molecule has 1 N–H and O–H groups in total. The molecule has 3 nitrogen and oxygen atoms in total. The van der Waals surface area contributed by atoms with Crippen molar-refractivity contribution in [2.24, 2.45) is 0 Å². The van der Waals surface area contributed by atoms with Gasteiger partial charge in [-0.2, -0.15) is 5.10 Å². The molecule has 0 unspecified atom stereocenters. The van der Waals surface area contributed by atoms with Crippen LogP contribution in [0.15, 0.2) is 30.6 Å². The fraction of sp³-hybridized carbons (Fsp3) is 0.308. The van der Waals surface area contributed by atoms with Crippen molar-refractivity contribution in [1.82, 2.24) is 9.78 Å². The summed E-state index contributed by atoms with van der Waals surface area (Å²) in [6.07, 6.45) is 3.55. The van der Waals surface area contributed by atoms with E-state index in [1.54, 1.807) is 6.20 Å². The first-order valence-corrected chi connectivity index (χ1v) is 5.77. The largest absolute Gasteiger partial charge is 0.378 e. The molecule has 0 aliphatic carbocycles. The quantitative estimate of drug-likeness (QED) is 0.927. The van der Waals surface area contributed by atoms with Crippen molar-refractivity contribution < 1.29 is 8.78 Å². The Hall–Kier alpha value is -1.62. The summed E-state index contributed by atoms with van der Waals surface area (Å²) in [5.74, 6) is -1.13. The zero-order chi connectivity index (χ0) is 13.1. The minimum Gasteiger partial charge on any atom is -0.378 e. The number of nitrogens with zero attached hydrogens (tertiary/aromatic N) is 2. The van der Waals surface area contributed by atoms with Crippen molar-refractivity contribution in [3.05, 3.63) is 47.8 Å². The summed E-state index contributed by atoms with van der Waals surface area (Å²) in [6.45, 7) is 4.41. The Kier molecular flexibility index (Phi) is 5.30. The second-order valence-corrected chi connectivity index (χ2v) is 4.43. The van der Waals surface area contributed by atoms with E-state index < -0.39 is 11.6 Å². The van der Waals surface area contributed by atoms with Gasteiger partial charge in [0.15, 0.2) is 0 Å². The van der Waals surface area contributed by atoms with Gasteiger partial charge in [0.1, 0.15) is 11.6 Å². The predicted octanol–water partition coefficient (Wildman–Crippen LogP) is 3.78. The average molecular weight is 288 g/mol. The van der Waals surface area contributed by atoms with Crippen LogP contribution in [0.5, 0.6) is 0 Å². The van der Waals surface area contributed by atoms with E-state index in [1.807, 2.05) is 24.7 Å². The zero-order valence-corrected chi connectivity index (χ0v) is 11.5. The second kappa shape index (κ2) is 6.52. The summed E-state index contributed by atoms with van der Waals surface area (Å²) in [5.41, 5.74) is 1.39. The van der Waals surface area contributed by atoms with Gasteiger partial charge in [0.2, 0.25) is 0 Å². The standard InChI is InChI=1S/C13H15F2N3.ClH/c1-9(2)18-8-13(7-17-18)16-6-10-3-11(14)5-12(15)4-10;/h3-5,7-9,16H,6H2,1-2H3;1H. The van der Waals surface area contributed by atoms with Crippen molar-refractivity contribution in [3.63, 3.8) is 0 Å². The fourth-order valence-corrected chi connectivity index (χ4v) is 1.63. The molecule has 1 aromatic carbocycles. The average Bonchev–Trinajstić information content (AvgIpc) is 2.73. The van der Waals surface area contributed by atoms with Crippen LogP contribution in [0.4, 0.5) is 14.5 Å². The van der Waals surface area contributed by atoms with Gasteiger partial charge in [-0.05, 0) is 31.5 Å². The summed E-state index contributed by atoms with van der Waals surface area (Å²) in [7, 11) is 0. The van der Waals surface area contributed by atoms with Crippen molar-refractivity contribution in [3.8, 4) is 0 Å². The molecule has 19 heavy (non-hydrogen) atoms. The smallest absolute Gasteiger partial charge is 0.126 e. The van der Waals surface area contributed by atoms with Crippen molar-refractivity contribution in [1.29, 1.82) is 0 Å². The van der Waals surface area contributed by atoms with Crippen LogP contribution in [0, 0.1) is 11.6 Å². The first-order valence-electron chi connectivity index (χ1n) is 5.77. The Morgan fingerprint density at radius 1 is 1.21 bits per heavy atom. The summed E-state index contributed by atoms with van der Waals surface area (Å²) >= 11 is 0. The molecule has 0 radical (unpaired) electrons. The van der Waals surface area contributed by atoms with E-state index in [0.717, 1.165) is 11.8 Å². The minimum absolute atomic E-state index is 0. The number of hydrogen-bond acceptors (Lipinski definition) is 2. The van der Waals surface area contributed by atoms with Gasteiger partial charge in [0, 0.05) is 24.8 Å². The van der Waals surface area contributed by atoms with E-state index >= 15 is 0 Å². The Morgan fingerprint density at radius 2 is 1.84 bits per heavy atom. The van der Waals surface area contributed by atoms with E-state index in [2.05, 4.69) is 10.4 Å². The minimum atomic E-state index is -0.565. The van der Waals surface area contributed by atoms with Gasteiger partial charge in [0.25, 0.3) is 0 Å². The molecular weight excluding hydrogens is 272 g/mol. The fourth-order valence-electron chi connectivity index (χ4n) is 1.63. The van der Waals surface area contributed by atoms with Crippen LogP contribution in [0.2, 0.25) is 0 Å². The number of halogens is 3. The van der Waals surface area contributed by atoms with Crippen LogP contribution >= 0.6 is 12.4 Å². The Labute approximate surface area is 117 Å². The highest BCUT2D eigenvalue weighted by Crippen LogP contribution is 2.13. The maximum atomic E-state index is 13.0. The monoisotopic (exact) mass is 287 g/mol. The number of benzene rings is 1. The Bertz CT molecular complexity index is 520. The van der Waals surface area contributed by atoms with Gasteiger partial charge in [-0.15, -0.1) is 12.4 Å². The molecule has 0 aliphatic rings. The molecule has 0 bridgehead atoms. The third-order valence-corrected chi connectivity index (χ3v) is 2.55. The molecule has 0 aliphatic heterocycles. The van der Waals surface area contributed by atoms with Crippen LogP contribution in [-0.4, -0.2) is 9.78 Å². The molecule has 0 amide bonds. The summed E-state index contributed by atoms with van der Waals surface area (Å²) in [5, 5.41) is 7.24. The first-order chi connectivity index (χ1) is 8.54. The van der Waals surface area contributed by atoms with Gasteiger partial charge in [-0.3, -0.25) is 4.68 Å². The molecule has 0 spiro atoms. The molecule has 2 rings (SSSR count). The van der Waals surface area contributed by atoms with Crippen LogP contribution in [0.3, 0.4) is 0 Å². The van der Waals surface area contributed by atoms with Crippen molar-refractivity contribution in [2.45, 2.75) is 26.4 Å². The number of nitrogens with one attached hydrogen (secondary N) is 1. The molecule has 6 heteroatoms. The van der Waals surface area contributed by atoms with E-state index in [9.17, 15) is 8.78 Å². The highest BCUT2D eigenvalue weighted by Gasteiger charge is 2.03. The molecule has 1 heterocycles. The van der Waals surface area contributed by atoms with Crippen LogP contribution in [-0.2, 0) is 6.54 Å². The van der Waals surface area contributed by atoms with E-state index in [1.165, 1.54) is 12.1 Å². The first kappa shape index (κ1) is 15.4. The van der Waals surface area contributed by atoms with Gasteiger partial charge < -0.3 is 5.32 Å². The van der Waals surface area contributed by atoms with Gasteiger partial charge in [-0.1, -0.05) is 0 Å². The third kappa shape index (κ3) is 4.21. The lowest BCUT2D eigenvalue weighted by atomic mass is 10.2. The Morgan fingerprint density at radius 3 is 2.37 bits per heavy atom. The van der Waals surface area contributed by atoms with Gasteiger partial charge in [0.05, 0.1) is 11.9 Å². The highest BCUT2D eigenvalue weighted by atomic mass is 35.5. The Balaban J connectivity index is 0.00000180. The van der Waals surface area contributed by atoms with Crippen LogP contribution in [0.1, 0.15) is 25.5 Å². The molecular formula is C13H16ClF2N3. The lowest BCUT2D eigenvalue weighted by Crippen LogP contribution is -2.01. The molecule has 0 saturated carbocycles. The number of rotatable bonds is 4. The number of hydrogen-bond donors (Lipinski definition) is 1. The zero-order valence-electron chi connectivity index (χ0n) is 10.7. The van der Waals surface area contributed by atoms with Crippen molar-refractivity contribution in [2.75, 3.05) is 5.32 Å². The molecule has 0 fully saturated rings. The molecule has 0 saturated heterocycles. The molecule has 104 valence electrons. The summed E-state index contributed by atoms with van der Waals surface area (Å²) in [4.78, 5) is 0. The van der Waals surface area contributed by atoms with Crippen LogP contribution in [0.25, 0.3) is 0 Å².